The lowest BCUT2D eigenvalue weighted by Gasteiger charge is -2.38. The lowest BCUT2D eigenvalue weighted by atomic mass is 10.2. The number of benzene rings is 1. The van der Waals surface area contributed by atoms with Gasteiger partial charge in [0.15, 0.2) is 5.82 Å². The zero-order chi connectivity index (χ0) is 16.2. The molecule has 3 rings (SSSR count). The summed E-state index contributed by atoms with van der Waals surface area (Å²) in [7, 11) is 0. The third-order valence-electron chi connectivity index (χ3n) is 4.40. The van der Waals surface area contributed by atoms with Gasteiger partial charge in [-0.05, 0) is 25.5 Å². The van der Waals surface area contributed by atoms with Crippen LogP contribution in [0.4, 0.5) is 5.69 Å². The molecule has 6 heteroatoms. The number of aromatic hydroxyl groups is 1. The van der Waals surface area contributed by atoms with Gasteiger partial charge in [0.25, 0.3) is 0 Å². The summed E-state index contributed by atoms with van der Waals surface area (Å²) in [4.78, 5) is 9.06. The van der Waals surface area contributed by atoms with Gasteiger partial charge in [0.2, 0.25) is 5.89 Å². The summed E-state index contributed by atoms with van der Waals surface area (Å²) in [5.74, 6) is 1.83. The predicted octanol–water partition coefficient (Wildman–Crippen LogP) is 2.61. The maximum Gasteiger partial charge on any atom is 0.243 e. The van der Waals surface area contributed by atoms with E-state index in [0.717, 1.165) is 50.5 Å². The van der Waals surface area contributed by atoms with Crippen LogP contribution in [0.5, 0.6) is 5.75 Å². The Hall–Kier alpha value is -2.08. The number of para-hydroxylation sites is 2. The lowest BCUT2D eigenvalue weighted by Crippen LogP contribution is -2.47. The summed E-state index contributed by atoms with van der Waals surface area (Å²) in [6, 6.07) is 7.62. The molecule has 0 saturated carbocycles. The summed E-state index contributed by atoms with van der Waals surface area (Å²) in [5, 5.41) is 14.0. The summed E-state index contributed by atoms with van der Waals surface area (Å²) >= 11 is 0. The Bertz CT molecular complexity index is 635. The molecule has 1 aliphatic rings. The van der Waals surface area contributed by atoms with Crippen LogP contribution in [0, 0.1) is 0 Å². The fourth-order valence-corrected chi connectivity index (χ4v) is 3.00. The Morgan fingerprint density at radius 1 is 1.22 bits per heavy atom. The quantitative estimate of drug-likeness (QED) is 0.914. The number of aryl methyl sites for hydroxylation is 1. The standard InChI is InChI=1S/C17H24N4O2/c1-3-6-16-18-17(23-19-16)13(2)20-9-11-21(12-10-20)14-7-4-5-8-15(14)22/h4-5,7-8,13,22H,3,6,9-12H2,1-2H3/t13-/m0/s1. The largest absolute Gasteiger partial charge is 0.506 e. The lowest BCUT2D eigenvalue weighted by molar-refractivity contribution is 0.164. The minimum Gasteiger partial charge on any atom is -0.506 e. The van der Waals surface area contributed by atoms with E-state index in [1.807, 2.05) is 18.2 Å². The molecule has 0 amide bonds. The molecule has 2 aromatic rings. The molecule has 0 bridgehead atoms. The van der Waals surface area contributed by atoms with Crippen molar-refractivity contribution in [2.75, 3.05) is 31.1 Å². The Kier molecular flexibility index (Phi) is 4.81. The first-order chi connectivity index (χ1) is 11.2. The van der Waals surface area contributed by atoms with Crippen molar-refractivity contribution in [3.05, 3.63) is 36.0 Å². The predicted molar refractivity (Wildman–Crippen MR) is 88.6 cm³/mol. The first-order valence-corrected chi connectivity index (χ1v) is 8.28. The number of hydrogen-bond acceptors (Lipinski definition) is 6. The topological polar surface area (TPSA) is 65.6 Å². The fourth-order valence-electron chi connectivity index (χ4n) is 3.00. The average molecular weight is 316 g/mol. The highest BCUT2D eigenvalue weighted by molar-refractivity contribution is 5.57. The molecule has 2 heterocycles. The maximum atomic E-state index is 9.98. The van der Waals surface area contributed by atoms with Crippen molar-refractivity contribution in [1.82, 2.24) is 15.0 Å². The molecule has 0 unspecified atom stereocenters. The molecule has 124 valence electrons. The van der Waals surface area contributed by atoms with E-state index in [0.29, 0.717) is 11.6 Å². The van der Waals surface area contributed by atoms with Crippen LogP contribution in [0.2, 0.25) is 0 Å². The van der Waals surface area contributed by atoms with Gasteiger partial charge in [-0.2, -0.15) is 4.98 Å². The van der Waals surface area contributed by atoms with Crippen LogP contribution in [0.3, 0.4) is 0 Å². The summed E-state index contributed by atoms with van der Waals surface area (Å²) in [6.07, 6.45) is 1.88. The van der Waals surface area contributed by atoms with E-state index in [2.05, 4.69) is 33.8 Å². The molecule has 1 fully saturated rings. The van der Waals surface area contributed by atoms with Crippen molar-refractivity contribution in [1.29, 1.82) is 0 Å². The molecule has 0 aliphatic carbocycles. The van der Waals surface area contributed by atoms with Gasteiger partial charge in [-0.1, -0.05) is 24.2 Å². The van der Waals surface area contributed by atoms with Crippen LogP contribution in [0.25, 0.3) is 0 Å². The normalized spacial score (nSPS) is 17.4. The van der Waals surface area contributed by atoms with Gasteiger partial charge in [-0.15, -0.1) is 0 Å². The number of anilines is 1. The molecule has 1 atom stereocenters. The second-order valence-electron chi connectivity index (χ2n) is 5.99. The van der Waals surface area contributed by atoms with Crippen LogP contribution in [-0.4, -0.2) is 46.3 Å². The number of rotatable bonds is 5. The van der Waals surface area contributed by atoms with Crippen LogP contribution in [0.15, 0.2) is 28.8 Å². The molecule has 6 nitrogen and oxygen atoms in total. The van der Waals surface area contributed by atoms with Gasteiger partial charge in [-0.25, -0.2) is 0 Å². The maximum absolute atomic E-state index is 9.98. The first-order valence-electron chi connectivity index (χ1n) is 8.28. The minimum absolute atomic E-state index is 0.125. The summed E-state index contributed by atoms with van der Waals surface area (Å²) in [5.41, 5.74) is 0.905. The van der Waals surface area contributed by atoms with E-state index in [4.69, 9.17) is 4.52 Å². The van der Waals surface area contributed by atoms with Crippen LogP contribution in [0.1, 0.15) is 38.0 Å². The average Bonchev–Trinajstić information content (AvgIpc) is 3.04. The minimum atomic E-state index is 0.125. The Morgan fingerprint density at radius 2 is 1.96 bits per heavy atom. The molecular formula is C17H24N4O2. The zero-order valence-electron chi connectivity index (χ0n) is 13.8. The Labute approximate surface area is 136 Å². The van der Waals surface area contributed by atoms with E-state index in [9.17, 15) is 5.11 Å². The fraction of sp³-hybridized carbons (Fsp3) is 0.529. The van der Waals surface area contributed by atoms with Gasteiger partial charge in [0, 0.05) is 32.6 Å². The SMILES string of the molecule is CCCc1noc([C@H](C)N2CCN(c3ccccc3O)CC2)n1. The smallest absolute Gasteiger partial charge is 0.243 e. The Balaban J connectivity index is 1.60. The van der Waals surface area contributed by atoms with Crippen molar-refractivity contribution < 1.29 is 9.63 Å². The van der Waals surface area contributed by atoms with Crippen LogP contribution >= 0.6 is 0 Å². The molecule has 0 spiro atoms. The number of phenolic OH excluding ortho intramolecular Hbond substituents is 1. The number of nitrogens with zero attached hydrogens (tertiary/aromatic N) is 4. The molecule has 1 aliphatic heterocycles. The second-order valence-corrected chi connectivity index (χ2v) is 5.99. The molecule has 1 N–H and O–H groups in total. The van der Waals surface area contributed by atoms with Crippen molar-refractivity contribution in [2.24, 2.45) is 0 Å². The first kappa shape index (κ1) is 15.8. The van der Waals surface area contributed by atoms with Gasteiger partial charge in [0.1, 0.15) is 5.75 Å². The van der Waals surface area contributed by atoms with E-state index >= 15 is 0 Å². The number of piperazine rings is 1. The number of phenols is 1. The van der Waals surface area contributed by atoms with Crippen molar-refractivity contribution in [3.8, 4) is 5.75 Å². The highest BCUT2D eigenvalue weighted by Crippen LogP contribution is 2.28. The molecule has 1 aromatic heterocycles. The van der Waals surface area contributed by atoms with E-state index in [1.165, 1.54) is 0 Å². The second kappa shape index (κ2) is 7.00. The van der Waals surface area contributed by atoms with Crippen LogP contribution in [-0.2, 0) is 6.42 Å². The van der Waals surface area contributed by atoms with Gasteiger partial charge < -0.3 is 14.5 Å². The van der Waals surface area contributed by atoms with E-state index < -0.39 is 0 Å². The molecular weight excluding hydrogens is 292 g/mol. The highest BCUT2D eigenvalue weighted by Gasteiger charge is 2.26. The third kappa shape index (κ3) is 3.47. The molecule has 23 heavy (non-hydrogen) atoms. The molecule has 1 saturated heterocycles. The number of aromatic nitrogens is 2. The van der Waals surface area contributed by atoms with Crippen molar-refractivity contribution in [3.63, 3.8) is 0 Å². The molecule has 1 aromatic carbocycles. The molecule has 0 radical (unpaired) electrons. The summed E-state index contributed by atoms with van der Waals surface area (Å²) < 4.78 is 5.41. The van der Waals surface area contributed by atoms with Gasteiger partial charge in [-0.3, -0.25) is 4.90 Å². The zero-order valence-corrected chi connectivity index (χ0v) is 13.8. The monoisotopic (exact) mass is 316 g/mol. The van der Waals surface area contributed by atoms with E-state index in [-0.39, 0.29) is 6.04 Å². The summed E-state index contributed by atoms with van der Waals surface area (Å²) in [6.45, 7) is 7.77. The highest BCUT2D eigenvalue weighted by atomic mass is 16.5. The van der Waals surface area contributed by atoms with Crippen molar-refractivity contribution in [2.45, 2.75) is 32.7 Å². The van der Waals surface area contributed by atoms with Crippen molar-refractivity contribution >= 4 is 5.69 Å². The number of hydrogen-bond donors (Lipinski definition) is 1. The van der Waals surface area contributed by atoms with E-state index in [1.54, 1.807) is 6.07 Å². The third-order valence-corrected chi connectivity index (χ3v) is 4.40. The van der Waals surface area contributed by atoms with Gasteiger partial charge in [0.05, 0.1) is 11.7 Å². The Morgan fingerprint density at radius 3 is 2.65 bits per heavy atom. The van der Waals surface area contributed by atoms with Gasteiger partial charge >= 0.3 is 0 Å². The van der Waals surface area contributed by atoms with Crippen LogP contribution < -0.4 is 4.90 Å².